The monoisotopic (exact) mass is 489 g/mol. The Hall–Kier alpha value is -3.63. The summed E-state index contributed by atoms with van der Waals surface area (Å²) in [4.78, 5) is 26.1. The summed E-state index contributed by atoms with van der Waals surface area (Å²) in [5, 5.41) is 2.79. The zero-order valence-corrected chi connectivity index (χ0v) is 18.5. The maximum atomic E-state index is 13.1. The Bertz CT molecular complexity index is 1330. The van der Waals surface area contributed by atoms with Crippen LogP contribution in [0.3, 0.4) is 0 Å². The van der Waals surface area contributed by atoms with E-state index in [0.717, 1.165) is 24.3 Å². The van der Waals surface area contributed by atoms with Crippen LogP contribution in [0.25, 0.3) is 0 Å². The lowest BCUT2D eigenvalue weighted by molar-refractivity contribution is 0.102. The van der Waals surface area contributed by atoms with Crippen molar-refractivity contribution in [2.24, 2.45) is 0 Å². The fourth-order valence-electron chi connectivity index (χ4n) is 3.18. The van der Waals surface area contributed by atoms with Crippen LogP contribution in [-0.2, 0) is 14.8 Å². The Morgan fingerprint density at radius 1 is 1.03 bits per heavy atom. The summed E-state index contributed by atoms with van der Waals surface area (Å²) < 4.78 is 45.6. The Labute approximate surface area is 194 Å². The Balaban J connectivity index is 1.58. The first-order valence-corrected chi connectivity index (χ1v) is 11.5. The molecule has 0 bridgehead atoms. The van der Waals surface area contributed by atoms with Crippen LogP contribution in [0.1, 0.15) is 10.4 Å². The highest BCUT2D eigenvalue weighted by Crippen LogP contribution is 2.30. The predicted molar refractivity (Wildman–Crippen MR) is 122 cm³/mol. The van der Waals surface area contributed by atoms with Gasteiger partial charge in [-0.25, -0.2) is 17.6 Å². The molecule has 0 spiro atoms. The van der Waals surface area contributed by atoms with E-state index < -0.39 is 27.8 Å². The molecule has 3 aromatic rings. The smallest absolute Gasteiger partial charge is 0.414 e. The van der Waals surface area contributed by atoms with Crippen molar-refractivity contribution in [3.05, 3.63) is 83.1 Å². The summed E-state index contributed by atoms with van der Waals surface area (Å²) in [5.74, 6) is -1.12. The fourth-order valence-corrected chi connectivity index (χ4v) is 4.48. The third-order valence-corrected chi connectivity index (χ3v) is 6.51. The van der Waals surface area contributed by atoms with Crippen LogP contribution in [0.15, 0.2) is 71.6 Å². The number of rotatable bonds is 6. The number of para-hydroxylation sites is 2. The van der Waals surface area contributed by atoms with Gasteiger partial charge < -0.3 is 10.1 Å². The predicted octanol–water partition coefficient (Wildman–Crippen LogP) is 4.49. The highest BCUT2D eigenvalue weighted by Gasteiger charge is 2.26. The first-order valence-electron chi connectivity index (χ1n) is 9.67. The number of anilines is 3. The number of nitrogens with zero attached hydrogens (tertiary/aromatic N) is 1. The molecule has 0 aliphatic carbocycles. The van der Waals surface area contributed by atoms with E-state index in [9.17, 15) is 22.4 Å². The third-order valence-electron chi connectivity index (χ3n) is 4.80. The molecule has 0 radical (unpaired) electrons. The average molecular weight is 490 g/mol. The molecule has 1 fully saturated rings. The second-order valence-electron chi connectivity index (χ2n) is 6.99. The van der Waals surface area contributed by atoms with Gasteiger partial charge in [0.25, 0.3) is 15.9 Å². The van der Waals surface area contributed by atoms with Crippen LogP contribution >= 0.6 is 11.6 Å². The molecule has 8 nitrogen and oxygen atoms in total. The molecular formula is C22H17ClFN3O5S. The summed E-state index contributed by atoms with van der Waals surface area (Å²) in [7, 11) is -4.07. The van der Waals surface area contributed by atoms with Crippen LogP contribution in [0.5, 0.6) is 0 Å². The molecule has 170 valence electrons. The van der Waals surface area contributed by atoms with Crippen molar-refractivity contribution in [2.75, 3.05) is 28.1 Å². The molecule has 33 heavy (non-hydrogen) atoms. The van der Waals surface area contributed by atoms with Gasteiger partial charge in [0.15, 0.2) is 0 Å². The maximum absolute atomic E-state index is 13.1. The molecule has 1 heterocycles. The lowest BCUT2D eigenvalue weighted by atomic mass is 10.1. The lowest BCUT2D eigenvalue weighted by Crippen LogP contribution is -2.25. The van der Waals surface area contributed by atoms with E-state index in [1.165, 1.54) is 23.1 Å². The summed E-state index contributed by atoms with van der Waals surface area (Å²) in [6.45, 7) is 0.595. The average Bonchev–Trinajstić information content (AvgIpc) is 3.21. The molecule has 0 saturated carbocycles. The highest BCUT2D eigenvalue weighted by molar-refractivity contribution is 7.92. The number of carbonyl (C=O) groups is 2. The Morgan fingerprint density at radius 3 is 2.45 bits per heavy atom. The Kier molecular flexibility index (Phi) is 6.21. The number of nitrogens with one attached hydrogen (secondary N) is 2. The quantitative estimate of drug-likeness (QED) is 0.531. The molecule has 11 heteroatoms. The molecule has 1 aliphatic rings. The maximum Gasteiger partial charge on any atom is 0.414 e. The number of hydrogen-bond donors (Lipinski definition) is 2. The molecule has 0 atom stereocenters. The van der Waals surface area contributed by atoms with Crippen LogP contribution in [0.2, 0.25) is 5.02 Å². The second kappa shape index (κ2) is 9.08. The minimum atomic E-state index is -4.07. The van der Waals surface area contributed by atoms with Gasteiger partial charge in [0.05, 0.1) is 33.5 Å². The van der Waals surface area contributed by atoms with Gasteiger partial charge in [-0.1, -0.05) is 23.7 Å². The van der Waals surface area contributed by atoms with Crippen LogP contribution in [0.4, 0.5) is 26.2 Å². The Morgan fingerprint density at radius 2 is 1.76 bits per heavy atom. The number of cyclic esters (lactones) is 1. The van der Waals surface area contributed by atoms with E-state index in [2.05, 4.69) is 10.0 Å². The van der Waals surface area contributed by atoms with Gasteiger partial charge in [0.2, 0.25) is 0 Å². The normalized spacial score (nSPS) is 13.5. The van der Waals surface area contributed by atoms with Crippen molar-refractivity contribution in [1.82, 2.24) is 0 Å². The molecular weight excluding hydrogens is 473 g/mol. The SMILES string of the molecule is O=C(Nc1ccccc1N1CCOC1=O)c1ccc(Cl)c(NS(=O)(=O)c2ccc(F)cc2)c1. The summed E-state index contributed by atoms with van der Waals surface area (Å²) >= 11 is 6.13. The van der Waals surface area contributed by atoms with Crippen molar-refractivity contribution in [2.45, 2.75) is 4.90 Å². The van der Waals surface area contributed by atoms with E-state index in [0.29, 0.717) is 17.9 Å². The minimum Gasteiger partial charge on any atom is -0.447 e. The molecule has 2 amide bonds. The zero-order chi connectivity index (χ0) is 23.6. The summed E-state index contributed by atoms with van der Waals surface area (Å²) in [5.41, 5.74) is 0.948. The standard InChI is InChI=1S/C22H17ClFN3O5S/c23-17-10-5-14(13-19(17)26-33(30,31)16-8-6-15(24)7-9-16)21(28)25-18-3-1-2-4-20(18)27-11-12-32-22(27)29/h1-10,13,26H,11-12H2,(H,25,28). The molecule has 2 N–H and O–H groups in total. The van der Waals surface area contributed by atoms with E-state index in [4.69, 9.17) is 16.3 Å². The lowest BCUT2D eigenvalue weighted by Gasteiger charge is -2.18. The third kappa shape index (κ3) is 4.91. The number of amides is 2. The zero-order valence-electron chi connectivity index (χ0n) is 16.9. The van der Waals surface area contributed by atoms with Gasteiger partial charge in [-0.2, -0.15) is 0 Å². The van der Waals surface area contributed by atoms with Gasteiger partial charge in [0.1, 0.15) is 12.4 Å². The van der Waals surface area contributed by atoms with Crippen molar-refractivity contribution in [1.29, 1.82) is 0 Å². The fraction of sp³-hybridized carbons (Fsp3) is 0.0909. The minimum absolute atomic E-state index is 0.0231. The first-order chi connectivity index (χ1) is 15.7. The summed E-state index contributed by atoms with van der Waals surface area (Å²) in [6.07, 6.45) is -0.513. The highest BCUT2D eigenvalue weighted by atomic mass is 35.5. The van der Waals surface area contributed by atoms with Crippen molar-refractivity contribution in [3.63, 3.8) is 0 Å². The topological polar surface area (TPSA) is 105 Å². The number of sulfonamides is 1. The van der Waals surface area contributed by atoms with E-state index in [-0.39, 0.29) is 27.8 Å². The number of benzene rings is 3. The molecule has 4 rings (SSSR count). The number of hydrogen-bond acceptors (Lipinski definition) is 5. The second-order valence-corrected chi connectivity index (χ2v) is 9.08. The van der Waals surface area contributed by atoms with Gasteiger partial charge >= 0.3 is 6.09 Å². The van der Waals surface area contributed by atoms with E-state index >= 15 is 0 Å². The van der Waals surface area contributed by atoms with E-state index in [1.807, 2.05) is 0 Å². The van der Waals surface area contributed by atoms with Gasteiger partial charge in [-0.3, -0.25) is 14.4 Å². The molecule has 1 aliphatic heterocycles. The van der Waals surface area contributed by atoms with Crippen molar-refractivity contribution >= 4 is 50.7 Å². The van der Waals surface area contributed by atoms with Crippen LogP contribution in [-0.4, -0.2) is 33.6 Å². The summed E-state index contributed by atoms with van der Waals surface area (Å²) in [6, 6.07) is 15.1. The molecule has 0 aromatic heterocycles. The van der Waals surface area contributed by atoms with Crippen molar-refractivity contribution in [3.8, 4) is 0 Å². The van der Waals surface area contributed by atoms with Crippen LogP contribution in [0, 0.1) is 5.82 Å². The molecule has 3 aromatic carbocycles. The van der Waals surface area contributed by atoms with Crippen molar-refractivity contribution < 1.29 is 27.1 Å². The van der Waals surface area contributed by atoms with Gasteiger partial charge in [-0.05, 0) is 54.6 Å². The largest absolute Gasteiger partial charge is 0.447 e. The van der Waals surface area contributed by atoms with E-state index in [1.54, 1.807) is 24.3 Å². The first kappa shape index (κ1) is 22.6. The van der Waals surface area contributed by atoms with Gasteiger partial charge in [0, 0.05) is 5.56 Å². The molecule has 1 saturated heterocycles. The number of carbonyl (C=O) groups excluding carboxylic acids is 2. The number of ether oxygens (including phenoxy) is 1. The number of halogens is 2. The van der Waals surface area contributed by atoms with Gasteiger partial charge in [-0.15, -0.1) is 0 Å². The molecule has 0 unspecified atom stereocenters. The van der Waals surface area contributed by atoms with Crippen LogP contribution < -0.4 is 14.9 Å².